The Morgan fingerprint density at radius 1 is 1.00 bits per heavy atom. The number of hydrogen-bond donors (Lipinski definition) is 2. The number of aliphatic hydroxyl groups excluding tert-OH is 1. The van der Waals surface area contributed by atoms with Crippen LogP contribution in [0.1, 0.15) is 28.3 Å². The number of carbonyl (C=O) groups excluding carboxylic acids is 2. The minimum Gasteiger partial charge on any atom is -0.507 e. The van der Waals surface area contributed by atoms with Gasteiger partial charge in [0.15, 0.2) is 11.5 Å². The second kappa shape index (κ2) is 10.6. The van der Waals surface area contributed by atoms with Crippen LogP contribution in [0.5, 0.6) is 11.5 Å². The molecule has 2 N–H and O–H groups in total. The molecule has 0 aliphatic carbocycles. The van der Waals surface area contributed by atoms with Crippen molar-refractivity contribution in [1.82, 2.24) is 9.97 Å². The summed E-state index contributed by atoms with van der Waals surface area (Å²) in [5.41, 5.74) is 4.79. The normalized spacial score (nSPS) is 16.5. The summed E-state index contributed by atoms with van der Waals surface area (Å²) in [6, 6.07) is 11.5. The SMILES string of the molecule is COc1c(Cl)cc(/C(O)=C2\C(=O)C(=O)N(c3nc4cc(C)c(C)cc4[nH]3)C2c2ccc(N(C)C)cc2)c(OC)c1Cl. The molecule has 0 saturated carbocycles. The lowest BCUT2D eigenvalue weighted by molar-refractivity contribution is -0.132. The third kappa shape index (κ3) is 4.65. The highest BCUT2D eigenvalue weighted by Gasteiger charge is 2.48. The second-order valence-electron chi connectivity index (χ2n) is 9.96. The summed E-state index contributed by atoms with van der Waals surface area (Å²) >= 11 is 12.9. The first kappa shape index (κ1) is 28.3. The predicted molar refractivity (Wildman–Crippen MR) is 161 cm³/mol. The zero-order valence-corrected chi connectivity index (χ0v) is 24.8. The number of nitrogens with zero attached hydrogens (tertiary/aromatic N) is 3. The van der Waals surface area contributed by atoms with Gasteiger partial charge in [-0.25, -0.2) is 4.98 Å². The molecule has 2 heterocycles. The Kier molecular flexibility index (Phi) is 7.35. The van der Waals surface area contributed by atoms with E-state index in [4.69, 9.17) is 32.7 Å². The number of fused-ring (bicyclic) bond motifs is 1. The highest BCUT2D eigenvalue weighted by Crippen LogP contribution is 2.48. The third-order valence-corrected chi connectivity index (χ3v) is 7.90. The van der Waals surface area contributed by atoms with Gasteiger partial charge in [-0.1, -0.05) is 35.3 Å². The van der Waals surface area contributed by atoms with Crippen LogP contribution in [-0.2, 0) is 9.59 Å². The molecule has 1 aliphatic heterocycles. The number of rotatable bonds is 6. The van der Waals surface area contributed by atoms with Crippen LogP contribution in [0.25, 0.3) is 16.8 Å². The van der Waals surface area contributed by atoms with E-state index in [1.807, 2.05) is 57.1 Å². The van der Waals surface area contributed by atoms with Crippen molar-refractivity contribution in [1.29, 1.82) is 0 Å². The summed E-state index contributed by atoms with van der Waals surface area (Å²) in [7, 11) is 6.57. The van der Waals surface area contributed by atoms with Gasteiger partial charge in [0.05, 0.1) is 47.5 Å². The fraction of sp³-hybridized carbons (Fsp3) is 0.233. The van der Waals surface area contributed by atoms with Crippen molar-refractivity contribution in [3.63, 3.8) is 0 Å². The number of aryl methyl sites for hydroxylation is 2. The number of amides is 1. The number of methoxy groups -OCH3 is 2. The van der Waals surface area contributed by atoms with E-state index in [-0.39, 0.29) is 38.6 Å². The Balaban J connectivity index is 1.77. The minimum absolute atomic E-state index is 0.00758. The molecule has 0 spiro atoms. The number of Topliss-reactive ketones (excluding diaryl/α,β-unsaturated/α-hetero) is 1. The van der Waals surface area contributed by atoms with Crippen LogP contribution in [-0.4, -0.2) is 55.1 Å². The van der Waals surface area contributed by atoms with E-state index in [1.165, 1.54) is 25.2 Å². The Morgan fingerprint density at radius 2 is 1.63 bits per heavy atom. The van der Waals surface area contributed by atoms with E-state index in [0.717, 1.165) is 16.8 Å². The summed E-state index contributed by atoms with van der Waals surface area (Å²) in [5.74, 6) is -1.91. The first-order chi connectivity index (χ1) is 19.5. The minimum atomic E-state index is -1.03. The largest absolute Gasteiger partial charge is 0.507 e. The van der Waals surface area contributed by atoms with Gasteiger partial charge < -0.3 is 24.5 Å². The van der Waals surface area contributed by atoms with Gasteiger partial charge in [-0.15, -0.1) is 0 Å². The maximum absolute atomic E-state index is 13.7. The molecule has 3 aromatic carbocycles. The molecule has 11 heteroatoms. The van der Waals surface area contributed by atoms with Crippen LogP contribution in [0.4, 0.5) is 11.6 Å². The first-order valence-corrected chi connectivity index (χ1v) is 13.4. The van der Waals surface area contributed by atoms with Crippen LogP contribution >= 0.6 is 23.2 Å². The number of nitrogens with one attached hydrogen (secondary N) is 1. The van der Waals surface area contributed by atoms with Gasteiger partial charge in [-0.3, -0.25) is 14.5 Å². The van der Waals surface area contributed by atoms with Crippen LogP contribution in [0.15, 0.2) is 48.0 Å². The molecule has 5 rings (SSSR count). The van der Waals surface area contributed by atoms with Crippen LogP contribution in [0.3, 0.4) is 0 Å². The number of H-pyrrole nitrogens is 1. The number of ether oxygens (including phenoxy) is 2. The van der Waals surface area contributed by atoms with Gasteiger partial charge in [0, 0.05) is 19.8 Å². The van der Waals surface area contributed by atoms with Gasteiger partial charge in [0.25, 0.3) is 5.78 Å². The molecule has 41 heavy (non-hydrogen) atoms. The van der Waals surface area contributed by atoms with Crippen molar-refractivity contribution in [2.24, 2.45) is 0 Å². The quantitative estimate of drug-likeness (QED) is 0.155. The molecule has 1 saturated heterocycles. The summed E-state index contributed by atoms with van der Waals surface area (Å²) < 4.78 is 10.7. The summed E-state index contributed by atoms with van der Waals surface area (Å²) in [5, 5.41) is 11.8. The van der Waals surface area contributed by atoms with E-state index < -0.39 is 23.5 Å². The van der Waals surface area contributed by atoms with Gasteiger partial charge in [-0.05, 0) is 60.9 Å². The highest BCUT2D eigenvalue weighted by atomic mass is 35.5. The van der Waals surface area contributed by atoms with Gasteiger partial charge >= 0.3 is 5.91 Å². The van der Waals surface area contributed by atoms with E-state index in [1.54, 1.807) is 12.1 Å². The number of aromatic amines is 1. The summed E-state index contributed by atoms with van der Waals surface area (Å²) in [4.78, 5) is 38.4. The fourth-order valence-corrected chi connectivity index (χ4v) is 5.67. The van der Waals surface area contributed by atoms with E-state index in [2.05, 4.69) is 9.97 Å². The predicted octanol–water partition coefficient (Wildman–Crippen LogP) is 6.20. The van der Waals surface area contributed by atoms with Crippen LogP contribution in [0, 0.1) is 13.8 Å². The van der Waals surface area contributed by atoms with E-state index >= 15 is 0 Å². The maximum atomic E-state index is 13.7. The summed E-state index contributed by atoms with van der Waals surface area (Å²) in [6.07, 6.45) is 0. The lowest BCUT2D eigenvalue weighted by Gasteiger charge is -2.24. The van der Waals surface area contributed by atoms with Crippen molar-refractivity contribution >= 4 is 63.3 Å². The molecule has 1 aromatic heterocycles. The van der Waals surface area contributed by atoms with Crippen molar-refractivity contribution < 1.29 is 24.2 Å². The van der Waals surface area contributed by atoms with Crippen LogP contribution < -0.4 is 19.3 Å². The van der Waals surface area contributed by atoms with Crippen molar-refractivity contribution in [3.8, 4) is 11.5 Å². The average molecular weight is 595 g/mol. The molecule has 1 unspecified atom stereocenters. The molecule has 1 atom stereocenters. The number of aromatic nitrogens is 2. The standard InChI is InChI=1S/C30H28Cl2N4O5/c1-14-11-20-21(12-15(14)2)34-30(33-20)36-24(16-7-9-17(10-8-16)35(3)4)22(26(38)29(36)39)25(37)18-13-19(31)28(41-6)23(32)27(18)40-5/h7-13,24,37H,1-6H3,(H,33,34)/b25-22+. The van der Waals surface area contributed by atoms with Crippen molar-refractivity contribution in [2.45, 2.75) is 19.9 Å². The van der Waals surface area contributed by atoms with Gasteiger partial charge in [-0.2, -0.15) is 0 Å². The Hall–Kier alpha value is -4.21. The van der Waals surface area contributed by atoms with Crippen molar-refractivity contribution in [2.75, 3.05) is 38.1 Å². The average Bonchev–Trinajstić information content (AvgIpc) is 3.45. The molecule has 0 radical (unpaired) electrons. The number of hydrogen-bond acceptors (Lipinski definition) is 7. The van der Waals surface area contributed by atoms with E-state index in [9.17, 15) is 14.7 Å². The Bertz CT molecular complexity index is 1710. The zero-order valence-electron chi connectivity index (χ0n) is 23.3. The molecule has 9 nitrogen and oxygen atoms in total. The molecule has 212 valence electrons. The van der Waals surface area contributed by atoms with Crippen molar-refractivity contribution in [3.05, 3.63) is 80.3 Å². The lowest BCUT2D eigenvalue weighted by atomic mass is 9.94. The number of anilines is 2. The fourth-order valence-electron chi connectivity index (χ4n) is 4.98. The maximum Gasteiger partial charge on any atom is 0.302 e. The van der Waals surface area contributed by atoms with Gasteiger partial charge in [0.1, 0.15) is 10.8 Å². The number of ketones is 1. The zero-order chi connectivity index (χ0) is 29.7. The number of aliphatic hydroxyl groups is 1. The molecule has 1 fully saturated rings. The lowest BCUT2D eigenvalue weighted by Crippen LogP contribution is -2.30. The topological polar surface area (TPSA) is 108 Å². The molecule has 1 amide bonds. The molecule has 4 aromatic rings. The smallest absolute Gasteiger partial charge is 0.302 e. The molecule has 0 bridgehead atoms. The van der Waals surface area contributed by atoms with E-state index in [0.29, 0.717) is 16.6 Å². The number of imidazole rings is 1. The second-order valence-corrected chi connectivity index (χ2v) is 10.7. The monoisotopic (exact) mass is 594 g/mol. The van der Waals surface area contributed by atoms with Crippen LogP contribution in [0.2, 0.25) is 10.0 Å². The Morgan fingerprint density at radius 3 is 2.24 bits per heavy atom. The Labute approximate surface area is 246 Å². The molecular formula is C30H28Cl2N4O5. The van der Waals surface area contributed by atoms with Gasteiger partial charge in [0.2, 0.25) is 5.95 Å². The summed E-state index contributed by atoms with van der Waals surface area (Å²) in [6.45, 7) is 3.95. The molecule has 1 aliphatic rings. The number of halogens is 2. The first-order valence-electron chi connectivity index (χ1n) is 12.6. The third-order valence-electron chi connectivity index (χ3n) is 7.28. The molecular weight excluding hydrogens is 567 g/mol. The highest BCUT2D eigenvalue weighted by molar-refractivity contribution is 6.51. The number of carbonyl (C=O) groups is 2. The number of benzene rings is 3.